The van der Waals surface area contributed by atoms with E-state index in [0.29, 0.717) is 0 Å². The van der Waals surface area contributed by atoms with Gasteiger partial charge in [0.05, 0.1) is 18.3 Å². The van der Waals surface area contributed by atoms with E-state index in [0.717, 1.165) is 23.5 Å². The first kappa shape index (κ1) is 25.4. The Labute approximate surface area is 203 Å². The van der Waals surface area contributed by atoms with Crippen LogP contribution in [0, 0.1) is 0 Å². The molecule has 0 radical (unpaired) electrons. The van der Waals surface area contributed by atoms with Crippen molar-refractivity contribution in [3.63, 3.8) is 0 Å². The smallest absolute Gasteiger partial charge is 0.416 e. The van der Waals surface area contributed by atoms with E-state index in [2.05, 4.69) is 20.3 Å². The lowest BCUT2D eigenvalue weighted by Crippen LogP contribution is -2.46. The SMILES string of the molecule is COc1nc(S(C)(O)O)nc2sc(NC(=O)N3CCC(O)(c4cccc(C(F)(F)F)c4)CC3)nc12. The van der Waals surface area contributed by atoms with Crippen molar-refractivity contribution < 1.29 is 36.9 Å². The van der Waals surface area contributed by atoms with Gasteiger partial charge in [-0.1, -0.05) is 23.5 Å². The molecule has 0 saturated carbocycles. The Bertz CT molecular complexity index is 1260. The van der Waals surface area contributed by atoms with Crippen LogP contribution in [0.1, 0.15) is 24.0 Å². The molecule has 4 N–H and O–H groups in total. The molecule has 0 atom stereocenters. The maximum atomic E-state index is 13.1. The Morgan fingerprint density at radius 2 is 1.91 bits per heavy atom. The van der Waals surface area contributed by atoms with Gasteiger partial charge in [-0.25, -0.2) is 14.8 Å². The second kappa shape index (κ2) is 9.05. The molecule has 4 rings (SSSR count). The highest BCUT2D eigenvalue weighted by Gasteiger charge is 2.38. The maximum Gasteiger partial charge on any atom is 0.416 e. The molecule has 1 fully saturated rings. The zero-order valence-corrected chi connectivity index (χ0v) is 20.2. The number of ether oxygens (including phenoxy) is 1. The highest BCUT2D eigenvalue weighted by Crippen LogP contribution is 2.44. The Balaban J connectivity index is 1.47. The lowest BCUT2D eigenvalue weighted by molar-refractivity contribution is -0.137. The Hall–Kier alpha value is -2.72. The molecule has 0 unspecified atom stereocenters. The molecule has 0 spiro atoms. The number of hydrogen-bond donors (Lipinski definition) is 4. The minimum Gasteiger partial charge on any atom is -0.479 e. The monoisotopic (exact) mass is 533 g/mol. The summed E-state index contributed by atoms with van der Waals surface area (Å²) < 4.78 is 64.0. The van der Waals surface area contributed by atoms with Crippen molar-refractivity contribution >= 4 is 43.4 Å². The molecule has 0 aliphatic carbocycles. The number of carbonyl (C=O) groups excluding carboxylic acids is 1. The summed E-state index contributed by atoms with van der Waals surface area (Å²) in [4.78, 5) is 26.8. The van der Waals surface area contributed by atoms with Gasteiger partial charge in [-0.15, -0.1) is 10.6 Å². The minimum absolute atomic E-state index is 0.0210. The van der Waals surface area contributed by atoms with Crippen LogP contribution < -0.4 is 10.1 Å². The van der Waals surface area contributed by atoms with E-state index in [1.54, 1.807) is 0 Å². The summed E-state index contributed by atoms with van der Waals surface area (Å²) >= 11 is 0.984. The van der Waals surface area contributed by atoms with Gasteiger partial charge in [0.2, 0.25) is 11.0 Å². The molecule has 1 aliphatic rings. The number of alkyl halides is 3. The first-order valence-electron chi connectivity index (χ1n) is 10.2. The molecule has 15 heteroatoms. The van der Waals surface area contributed by atoms with Crippen molar-refractivity contribution in [2.24, 2.45) is 0 Å². The number of aromatic nitrogens is 3. The third kappa shape index (κ3) is 5.28. The Morgan fingerprint density at radius 1 is 1.23 bits per heavy atom. The van der Waals surface area contributed by atoms with Crippen molar-refractivity contribution in [1.82, 2.24) is 19.9 Å². The van der Waals surface area contributed by atoms with Gasteiger partial charge in [0.1, 0.15) is 0 Å². The quantitative estimate of drug-likeness (QED) is 0.363. The number of benzene rings is 1. The topological polar surface area (TPSA) is 141 Å². The van der Waals surface area contributed by atoms with E-state index in [-0.39, 0.29) is 58.0 Å². The van der Waals surface area contributed by atoms with Crippen LogP contribution in [0.3, 0.4) is 0 Å². The van der Waals surface area contributed by atoms with Crippen LogP contribution in [0.15, 0.2) is 29.4 Å². The standard InChI is InChI=1S/C20H22F3N5O5S2/c1-33-14-13-15(26-17(25-14)35(2,31)32)34-16(24-13)27-18(29)28-8-6-19(30,7-9-28)11-4-3-5-12(10-11)20(21,22)23/h3-5,10,30-32H,6-9H2,1-2H3,(H,24,27,29). The summed E-state index contributed by atoms with van der Waals surface area (Å²) in [5.74, 6) is 0.0210. The second-order valence-corrected chi connectivity index (χ2v) is 11.1. The van der Waals surface area contributed by atoms with Gasteiger partial charge in [0.25, 0.3) is 0 Å². The molecule has 3 heterocycles. The highest BCUT2D eigenvalue weighted by atomic mass is 32.3. The molecule has 10 nitrogen and oxygen atoms in total. The molecule has 1 saturated heterocycles. The third-order valence-electron chi connectivity index (χ3n) is 5.56. The number of fused-ring (bicyclic) bond motifs is 1. The number of amides is 2. The average molecular weight is 534 g/mol. The summed E-state index contributed by atoms with van der Waals surface area (Å²) in [6.45, 7) is 0.209. The number of likely N-dealkylation sites (tertiary alicyclic amines) is 1. The lowest BCUT2D eigenvalue weighted by atomic mass is 9.84. The fourth-order valence-electron chi connectivity index (χ4n) is 3.67. The summed E-state index contributed by atoms with van der Waals surface area (Å²) in [5, 5.41) is 13.5. The van der Waals surface area contributed by atoms with Gasteiger partial charge < -0.3 is 14.7 Å². The van der Waals surface area contributed by atoms with Crippen molar-refractivity contribution in [3.8, 4) is 5.88 Å². The zero-order valence-electron chi connectivity index (χ0n) is 18.5. The van der Waals surface area contributed by atoms with Crippen LogP contribution in [0.2, 0.25) is 0 Å². The fourth-order valence-corrected chi connectivity index (χ4v) is 5.07. The molecule has 35 heavy (non-hydrogen) atoms. The number of anilines is 1. The van der Waals surface area contributed by atoms with Gasteiger partial charge in [0, 0.05) is 19.3 Å². The van der Waals surface area contributed by atoms with E-state index >= 15 is 0 Å². The van der Waals surface area contributed by atoms with E-state index in [1.165, 1.54) is 30.4 Å². The number of aliphatic hydroxyl groups is 1. The number of methoxy groups -OCH3 is 1. The van der Waals surface area contributed by atoms with Gasteiger partial charge >= 0.3 is 12.2 Å². The van der Waals surface area contributed by atoms with Crippen LogP contribution in [0.25, 0.3) is 10.3 Å². The van der Waals surface area contributed by atoms with Crippen LogP contribution in [0.4, 0.5) is 23.1 Å². The van der Waals surface area contributed by atoms with Crippen molar-refractivity contribution in [2.45, 2.75) is 29.8 Å². The van der Waals surface area contributed by atoms with Gasteiger partial charge in [-0.05, 0) is 30.5 Å². The number of piperidine rings is 1. The predicted molar refractivity (Wildman–Crippen MR) is 124 cm³/mol. The highest BCUT2D eigenvalue weighted by molar-refractivity contribution is 8.23. The molecule has 3 aromatic rings. The van der Waals surface area contributed by atoms with Crippen molar-refractivity contribution in [3.05, 3.63) is 35.4 Å². The molecule has 0 bridgehead atoms. The predicted octanol–water partition coefficient (Wildman–Crippen LogP) is 4.37. The normalized spacial score (nSPS) is 16.9. The largest absolute Gasteiger partial charge is 0.479 e. The third-order valence-corrected chi connectivity index (χ3v) is 7.30. The summed E-state index contributed by atoms with van der Waals surface area (Å²) in [7, 11) is -1.87. The number of nitrogens with zero attached hydrogens (tertiary/aromatic N) is 4. The summed E-state index contributed by atoms with van der Waals surface area (Å²) in [6, 6.07) is 4.06. The van der Waals surface area contributed by atoms with Crippen LogP contribution in [0.5, 0.6) is 5.88 Å². The van der Waals surface area contributed by atoms with Crippen LogP contribution >= 0.6 is 21.9 Å². The first-order chi connectivity index (χ1) is 16.3. The number of hydrogen-bond acceptors (Lipinski definition) is 9. The van der Waals surface area contributed by atoms with E-state index in [4.69, 9.17) is 4.74 Å². The number of carbonyl (C=O) groups is 1. The number of rotatable bonds is 4. The summed E-state index contributed by atoms with van der Waals surface area (Å²) in [6.07, 6.45) is -3.24. The van der Waals surface area contributed by atoms with Crippen LogP contribution in [-0.4, -0.2) is 66.6 Å². The maximum absolute atomic E-state index is 13.1. The molecule has 1 aliphatic heterocycles. The number of urea groups is 1. The van der Waals surface area contributed by atoms with Gasteiger partial charge in [0.15, 0.2) is 15.5 Å². The van der Waals surface area contributed by atoms with E-state index in [9.17, 15) is 32.2 Å². The van der Waals surface area contributed by atoms with Crippen molar-refractivity contribution in [2.75, 3.05) is 31.8 Å². The first-order valence-corrected chi connectivity index (χ1v) is 13.0. The molecule has 2 aromatic heterocycles. The number of halogens is 3. The Kier molecular flexibility index (Phi) is 6.56. The average Bonchev–Trinajstić information content (AvgIpc) is 3.20. The molecule has 1 aromatic carbocycles. The van der Waals surface area contributed by atoms with E-state index < -0.39 is 34.0 Å². The summed E-state index contributed by atoms with van der Waals surface area (Å²) in [5.41, 5.74) is -1.94. The molecule has 2 amide bonds. The molecular weight excluding hydrogens is 511 g/mol. The van der Waals surface area contributed by atoms with Crippen LogP contribution in [-0.2, 0) is 11.8 Å². The molecule has 190 valence electrons. The fraction of sp³-hybridized carbons (Fsp3) is 0.400. The van der Waals surface area contributed by atoms with Crippen molar-refractivity contribution in [1.29, 1.82) is 0 Å². The zero-order chi connectivity index (χ0) is 25.6. The van der Waals surface area contributed by atoms with Gasteiger partial charge in [-0.2, -0.15) is 18.2 Å². The number of thiazole rings is 1. The number of nitrogens with one attached hydrogen (secondary N) is 1. The lowest BCUT2D eigenvalue weighted by Gasteiger charge is -2.38. The Morgan fingerprint density at radius 3 is 2.51 bits per heavy atom. The molecular formula is C20H22F3N5O5S2. The van der Waals surface area contributed by atoms with E-state index in [1.807, 2.05) is 0 Å². The second-order valence-electron chi connectivity index (χ2n) is 8.05. The minimum atomic E-state index is -4.52. The van der Waals surface area contributed by atoms with Gasteiger partial charge in [-0.3, -0.25) is 14.4 Å².